The molecule has 0 spiro atoms. The Morgan fingerprint density at radius 1 is 1.33 bits per heavy atom. The van der Waals surface area contributed by atoms with Crippen molar-refractivity contribution < 1.29 is 14.3 Å². The van der Waals surface area contributed by atoms with Crippen LogP contribution >= 0.6 is 23.2 Å². The lowest BCUT2D eigenvalue weighted by molar-refractivity contribution is 0.0177. The van der Waals surface area contributed by atoms with Gasteiger partial charge in [-0.05, 0) is 26.0 Å². The van der Waals surface area contributed by atoms with E-state index in [4.69, 9.17) is 38.4 Å². The van der Waals surface area contributed by atoms with E-state index in [2.05, 4.69) is 0 Å². The third-order valence-electron chi connectivity index (χ3n) is 2.08. The van der Waals surface area contributed by atoms with E-state index in [9.17, 15) is 4.79 Å². The third kappa shape index (κ3) is 4.37. The molecule has 0 atom stereocenters. The van der Waals surface area contributed by atoms with Gasteiger partial charge in [0.25, 0.3) is 0 Å². The second-order valence-electron chi connectivity index (χ2n) is 3.90. The van der Waals surface area contributed by atoms with Crippen LogP contribution in [0.4, 0.5) is 5.69 Å². The summed E-state index contributed by atoms with van der Waals surface area (Å²) in [6.07, 6.45) is 0.0920. The van der Waals surface area contributed by atoms with Crippen molar-refractivity contribution in [2.75, 3.05) is 18.9 Å². The van der Waals surface area contributed by atoms with Gasteiger partial charge in [0.15, 0.2) is 0 Å². The molecule has 2 N–H and O–H groups in total. The number of halogens is 2. The van der Waals surface area contributed by atoms with Gasteiger partial charge < -0.3 is 15.2 Å². The van der Waals surface area contributed by atoms with E-state index in [1.165, 1.54) is 12.1 Å². The van der Waals surface area contributed by atoms with Crippen LogP contribution < -0.4 is 5.73 Å². The summed E-state index contributed by atoms with van der Waals surface area (Å²) in [6, 6.07) is 2.89. The number of hydrogen-bond donors (Lipinski definition) is 1. The van der Waals surface area contributed by atoms with Crippen molar-refractivity contribution in [2.45, 2.75) is 20.0 Å². The minimum atomic E-state index is -0.566. The summed E-state index contributed by atoms with van der Waals surface area (Å²) < 4.78 is 10.3. The van der Waals surface area contributed by atoms with Gasteiger partial charge in [0.1, 0.15) is 6.61 Å². The van der Waals surface area contributed by atoms with Gasteiger partial charge >= 0.3 is 5.97 Å². The van der Waals surface area contributed by atoms with Gasteiger partial charge in [-0.2, -0.15) is 0 Å². The predicted octanol–water partition coefficient (Wildman–Crippen LogP) is 3.16. The number of anilines is 1. The molecule has 0 saturated heterocycles. The Kier molecular flexibility index (Phi) is 5.72. The Morgan fingerprint density at radius 2 is 2.00 bits per heavy atom. The van der Waals surface area contributed by atoms with Crippen LogP contribution in [0, 0.1) is 0 Å². The molecule has 1 rings (SSSR count). The van der Waals surface area contributed by atoms with Crippen LogP contribution in [0.2, 0.25) is 10.0 Å². The van der Waals surface area contributed by atoms with E-state index in [0.29, 0.717) is 11.6 Å². The molecule has 0 aliphatic heterocycles. The maximum atomic E-state index is 11.7. The predicted molar refractivity (Wildman–Crippen MR) is 72.2 cm³/mol. The van der Waals surface area contributed by atoms with Gasteiger partial charge in [-0.1, -0.05) is 23.2 Å². The first-order valence-corrected chi connectivity index (χ1v) is 6.20. The molecule has 0 fully saturated rings. The Hall–Kier alpha value is -0.970. The standard InChI is InChI=1S/C12H15Cl2NO3/c1-7(2)17-3-4-18-12(16)9-5-8(13)6-10(14)11(9)15/h5-7H,3-4,15H2,1-2H3. The molecule has 100 valence electrons. The van der Waals surface area contributed by atoms with E-state index in [1.54, 1.807) is 0 Å². The number of carbonyl (C=O) groups excluding carboxylic acids is 1. The van der Waals surface area contributed by atoms with Crippen molar-refractivity contribution in [2.24, 2.45) is 0 Å². The third-order valence-corrected chi connectivity index (χ3v) is 2.61. The Labute approximate surface area is 116 Å². The molecule has 0 radical (unpaired) electrons. The van der Waals surface area contributed by atoms with E-state index >= 15 is 0 Å². The molecule has 18 heavy (non-hydrogen) atoms. The van der Waals surface area contributed by atoms with Crippen molar-refractivity contribution in [3.05, 3.63) is 27.7 Å². The lowest BCUT2D eigenvalue weighted by atomic mass is 10.2. The van der Waals surface area contributed by atoms with E-state index in [-0.39, 0.29) is 29.0 Å². The van der Waals surface area contributed by atoms with Crippen molar-refractivity contribution in [1.82, 2.24) is 0 Å². The Bertz CT molecular complexity index is 436. The smallest absolute Gasteiger partial charge is 0.340 e. The minimum absolute atomic E-state index is 0.0920. The molecule has 0 aliphatic carbocycles. The highest BCUT2D eigenvalue weighted by Gasteiger charge is 2.15. The number of rotatable bonds is 5. The average molecular weight is 292 g/mol. The minimum Gasteiger partial charge on any atom is -0.460 e. The van der Waals surface area contributed by atoms with Crippen LogP contribution in [0.5, 0.6) is 0 Å². The molecule has 0 aromatic heterocycles. The fourth-order valence-electron chi connectivity index (χ4n) is 1.25. The van der Waals surface area contributed by atoms with Crippen LogP contribution in [-0.4, -0.2) is 25.3 Å². The van der Waals surface area contributed by atoms with Crippen molar-refractivity contribution in [3.63, 3.8) is 0 Å². The zero-order valence-corrected chi connectivity index (χ0v) is 11.7. The lowest BCUT2D eigenvalue weighted by Crippen LogP contribution is -2.14. The first kappa shape index (κ1) is 15.1. The zero-order chi connectivity index (χ0) is 13.7. The fourth-order valence-corrected chi connectivity index (χ4v) is 1.74. The summed E-state index contributed by atoms with van der Waals surface area (Å²) in [5.74, 6) is -0.566. The van der Waals surface area contributed by atoms with Crippen LogP contribution in [0.3, 0.4) is 0 Å². The monoisotopic (exact) mass is 291 g/mol. The van der Waals surface area contributed by atoms with E-state index < -0.39 is 5.97 Å². The molecule has 0 saturated carbocycles. The average Bonchev–Trinajstić information content (AvgIpc) is 2.28. The number of benzene rings is 1. The quantitative estimate of drug-likeness (QED) is 0.514. The van der Waals surface area contributed by atoms with Gasteiger partial charge in [-0.15, -0.1) is 0 Å². The summed E-state index contributed by atoms with van der Waals surface area (Å²) in [4.78, 5) is 11.7. The Morgan fingerprint density at radius 3 is 2.61 bits per heavy atom. The summed E-state index contributed by atoms with van der Waals surface area (Å²) in [5.41, 5.74) is 6.01. The summed E-state index contributed by atoms with van der Waals surface area (Å²) in [7, 11) is 0. The van der Waals surface area contributed by atoms with Crippen LogP contribution in [0.25, 0.3) is 0 Å². The van der Waals surface area contributed by atoms with Gasteiger partial charge in [0.2, 0.25) is 0 Å². The largest absolute Gasteiger partial charge is 0.460 e. The van der Waals surface area contributed by atoms with Crippen molar-refractivity contribution >= 4 is 34.9 Å². The highest BCUT2D eigenvalue weighted by atomic mass is 35.5. The normalized spacial score (nSPS) is 10.7. The van der Waals surface area contributed by atoms with Crippen molar-refractivity contribution in [3.8, 4) is 0 Å². The molecule has 0 amide bonds. The number of ether oxygens (including phenoxy) is 2. The molecule has 0 aliphatic rings. The second kappa shape index (κ2) is 6.83. The van der Waals surface area contributed by atoms with Crippen LogP contribution in [0.1, 0.15) is 24.2 Å². The maximum Gasteiger partial charge on any atom is 0.340 e. The zero-order valence-electron chi connectivity index (χ0n) is 10.2. The maximum absolute atomic E-state index is 11.7. The molecule has 6 heteroatoms. The summed E-state index contributed by atoms with van der Waals surface area (Å²) in [5, 5.41) is 0.562. The van der Waals surface area contributed by atoms with Gasteiger partial charge in [-0.3, -0.25) is 0 Å². The van der Waals surface area contributed by atoms with Crippen molar-refractivity contribution in [1.29, 1.82) is 0 Å². The molecule has 0 heterocycles. The molecule has 4 nitrogen and oxygen atoms in total. The molecular weight excluding hydrogens is 277 g/mol. The molecular formula is C12H15Cl2NO3. The number of nitrogens with two attached hydrogens (primary N) is 1. The Balaban J connectivity index is 2.62. The first-order chi connectivity index (χ1) is 8.41. The van der Waals surface area contributed by atoms with Gasteiger partial charge in [0, 0.05) is 5.02 Å². The number of hydrogen-bond acceptors (Lipinski definition) is 4. The second-order valence-corrected chi connectivity index (χ2v) is 4.75. The number of esters is 1. The van der Waals surface area contributed by atoms with Gasteiger partial charge in [-0.25, -0.2) is 4.79 Å². The van der Waals surface area contributed by atoms with E-state index in [1.807, 2.05) is 13.8 Å². The molecule has 0 unspecified atom stereocenters. The lowest BCUT2D eigenvalue weighted by Gasteiger charge is -2.10. The SMILES string of the molecule is CC(C)OCCOC(=O)c1cc(Cl)cc(Cl)c1N. The molecule has 1 aromatic carbocycles. The molecule has 1 aromatic rings. The fraction of sp³-hybridized carbons (Fsp3) is 0.417. The first-order valence-electron chi connectivity index (χ1n) is 5.45. The molecule has 0 bridgehead atoms. The number of carbonyl (C=O) groups is 1. The van der Waals surface area contributed by atoms with E-state index in [0.717, 1.165) is 0 Å². The van der Waals surface area contributed by atoms with Crippen LogP contribution in [0.15, 0.2) is 12.1 Å². The highest BCUT2D eigenvalue weighted by Crippen LogP contribution is 2.27. The topological polar surface area (TPSA) is 61.5 Å². The summed E-state index contributed by atoms with van der Waals surface area (Å²) >= 11 is 11.6. The summed E-state index contributed by atoms with van der Waals surface area (Å²) in [6.45, 7) is 4.28. The van der Waals surface area contributed by atoms with Crippen LogP contribution in [-0.2, 0) is 9.47 Å². The number of nitrogen functional groups attached to an aromatic ring is 1. The van der Waals surface area contributed by atoms with Gasteiger partial charge in [0.05, 0.1) is 29.0 Å². The highest BCUT2D eigenvalue weighted by molar-refractivity contribution is 6.37.